The fourth-order valence-electron chi connectivity index (χ4n) is 2.62. The molecule has 11 nitrogen and oxygen atoms in total. The van der Waals surface area contributed by atoms with Crippen molar-refractivity contribution in [1.29, 1.82) is 0 Å². The summed E-state index contributed by atoms with van der Waals surface area (Å²) in [6, 6.07) is 5.11. The van der Waals surface area contributed by atoms with Gasteiger partial charge in [-0.15, -0.1) is 0 Å². The summed E-state index contributed by atoms with van der Waals surface area (Å²) in [4.78, 5) is 59.1. The highest BCUT2D eigenvalue weighted by Crippen LogP contribution is 2.04. The minimum Gasteiger partial charge on any atom is -0.481 e. The molecule has 0 saturated heterocycles. The highest BCUT2D eigenvalue weighted by atomic mass is 32.2. The van der Waals surface area contributed by atoms with Crippen LogP contribution >= 0.6 is 11.8 Å². The summed E-state index contributed by atoms with van der Waals surface area (Å²) in [6.07, 6.45) is 1.52. The Morgan fingerprint density at radius 1 is 1.00 bits per heavy atom. The largest absolute Gasteiger partial charge is 0.481 e. The van der Waals surface area contributed by atoms with Crippen LogP contribution in [0.15, 0.2) is 30.3 Å². The van der Waals surface area contributed by atoms with Crippen LogP contribution in [0.5, 0.6) is 0 Å². The lowest BCUT2D eigenvalue weighted by Gasteiger charge is -2.20. The van der Waals surface area contributed by atoms with E-state index in [4.69, 9.17) is 10.8 Å². The molecule has 0 spiro atoms. The molecule has 0 saturated carbocycles. The lowest BCUT2D eigenvalue weighted by Crippen LogP contribution is -2.54. The van der Waals surface area contributed by atoms with E-state index in [0.717, 1.165) is 0 Å². The quantitative estimate of drug-likeness (QED) is 0.198. The minimum absolute atomic E-state index is 0.0431. The third kappa shape index (κ3) is 10.3. The van der Waals surface area contributed by atoms with E-state index in [1.807, 2.05) is 6.26 Å². The van der Waals surface area contributed by atoms with Crippen molar-refractivity contribution in [3.05, 3.63) is 35.9 Å². The van der Waals surface area contributed by atoms with Gasteiger partial charge in [0.05, 0.1) is 19.0 Å². The monoisotopic (exact) mass is 468 g/mol. The standard InChI is InChI=1S/C20H28N4O7S/c1-32-8-7-13(21)18(28)24-14(10-17(26)27)19(29)22-11-16(25)23-15(20(30)31)9-12-5-3-2-4-6-12/h2-6,13-15H,7-11,21H2,1H3,(H,22,29)(H,23,25)(H,24,28)(H,26,27)(H,30,31). The second-order valence-electron chi connectivity index (χ2n) is 6.91. The summed E-state index contributed by atoms with van der Waals surface area (Å²) in [5.41, 5.74) is 6.43. The summed E-state index contributed by atoms with van der Waals surface area (Å²) in [5, 5.41) is 25.1. The fourth-order valence-corrected chi connectivity index (χ4v) is 3.11. The molecule has 0 aromatic heterocycles. The lowest BCUT2D eigenvalue weighted by molar-refractivity contribution is -0.142. The summed E-state index contributed by atoms with van der Waals surface area (Å²) < 4.78 is 0. The van der Waals surface area contributed by atoms with Gasteiger partial charge in [-0.3, -0.25) is 19.2 Å². The number of amides is 3. The average Bonchev–Trinajstić information content (AvgIpc) is 2.75. The van der Waals surface area contributed by atoms with Gasteiger partial charge in [-0.1, -0.05) is 30.3 Å². The normalized spacial score (nSPS) is 13.3. The molecular formula is C20H28N4O7S. The molecule has 0 aliphatic carbocycles. The molecule has 3 unspecified atom stereocenters. The Labute approximate surface area is 189 Å². The van der Waals surface area contributed by atoms with Crippen molar-refractivity contribution < 1.29 is 34.2 Å². The van der Waals surface area contributed by atoms with E-state index in [-0.39, 0.29) is 6.42 Å². The van der Waals surface area contributed by atoms with Gasteiger partial charge in [-0.2, -0.15) is 11.8 Å². The van der Waals surface area contributed by atoms with Gasteiger partial charge < -0.3 is 31.9 Å². The topological polar surface area (TPSA) is 188 Å². The maximum atomic E-state index is 12.3. The first-order chi connectivity index (χ1) is 15.1. The van der Waals surface area contributed by atoms with Crippen LogP contribution in [0.25, 0.3) is 0 Å². The Morgan fingerprint density at radius 3 is 2.22 bits per heavy atom. The number of carbonyl (C=O) groups is 5. The molecule has 1 aromatic carbocycles. The third-order valence-corrected chi connectivity index (χ3v) is 4.96. The Morgan fingerprint density at radius 2 is 1.66 bits per heavy atom. The fraction of sp³-hybridized carbons (Fsp3) is 0.450. The van der Waals surface area contributed by atoms with Gasteiger partial charge in [-0.05, 0) is 24.0 Å². The SMILES string of the molecule is CSCCC(N)C(=O)NC(CC(=O)O)C(=O)NCC(=O)NC(Cc1ccccc1)C(=O)O. The molecule has 1 rings (SSSR count). The molecular weight excluding hydrogens is 440 g/mol. The zero-order valence-corrected chi connectivity index (χ0v) is 18.4. The summed E-state index contributed by atoms with van der Waals surface area (Å²) in [6.45, 7) is -0.595. The number of thioether (sulfide) groups is 1. The molecule has 0 aliphatic heterocycles. The first kappa shape index (κ1) is 26.9. The molecule has 3 atom stereocenters. The number of carboxylic acid groups (broad SMARTS) is 2. The third-order valence-electron chi connectivity index (χ3n) is 4.32. The van der Waals surface area contributed by atoms with Crippen molar-refractivity contribution in [2.75, 3.05) is 18.6 Å². The van der Waals surface area contributed by atoms with Crippen molar-refractivity contribution in [2.45, 2.75) is 37.4 Å². The molecule has 176 valence electrons. The van der Waals surface area contributed by atoms with Gasteiger partial charge in [0, 0.05) is 6.42 Å². The van der Waals surface area contributed by atoms with E-state index >= 15 is 0 Å². The summed E-state index contributed by atoms with van der Waals surface area (Å²) in [7, 11) is 0. The van der Waals surface area contributed by atoms with Crippen LogP contribution in [0.4, 0.5) is 0 Å². The van der Waals surface area contributed by atoms with Crippen LogP contribution in [0.2, 0.25) is 0 Å². The van der Waals surface area contributed by atoms with Gasteiger partial charge in [0.15, 0.2) is 0 Å². The van der Waals surface area contributed by atoms with E-state index < -0.39 is 60.8 Å². The lowest BCUT2D eigenvalue weighted by atomic mass is 10.1. The first-order valence-electron chi connectivity index (χ1n) is 9.74. The molecule has 0 radical (unpaired) electrons. The zero-order valence-electron chi connectivity index (χ0n) is 17.6. The van der Waals surface area contributed by atoms with Crippen LogP contribution in [0.3, 0.4) is 0 Å². The van der Waals surface area contributed by atoms with Crippen molar-refractivity contribution in [3.63, 3.8) is 0 Å². The Balaban J connectivity index is 2.65. The van der Waals surface area contributed by atoms with E-state index in [9.17, 15) is 29.1 Å². The predicted molar refractivity (Wildman–Crippen MR) is 118 cm³/mol. The number of hydrogen-bond acceptors (Lipinski definition) is 7. The Kier molecular flexibility index (Phi) is 11.8. The van der Waals surface area contributed by atoms with E-state index in [1.54, 1.807) is 30.3 Å². The second-order valence-corrected chi connectivity index (χ2v) is 7.90. The van der Waals surface area contributed by atoms with Crippen LogP contribution < -0.4 is 21.7 Å². The molecule has 0 heterocycles. The van der Waals surface area contributed by atoms with Crippen molar-refractivity contribution >= 4 is 41.4 Å². The molecule has 0 fully saturated rings. The van der Waals surface area contributed by atoms with Crippen LogP contribution in [0, 0.1) is 0 Å². The number of nitrogens with two attached hydrogens (primary N) is 1. The van der Waals surface area contributed by atoms with E-state index in [2.05, 4.69) is 16.0 Å². The molecule has 32 heavy (non-hydrogen) atoms. The Bertz CT molecular complexity index is 806. The van der Waals surface area contributed by atoms with Gasteiger partial charge in [-0.25, -0.2) is 4.79 Å². The van der Waals surface area contributed by atoms with E-state index in [0.29, 0.717) is 17.7 Å². The number of carbonyl (C=O) groups excluding carboxylic acids is 3. The Hall–Kier alpha value is -3.12. The molecule has 0 bridgehead atoms. The van der Waals surface area contributed by atoms with Crippen molar-refractivity contribution in [1.82, 2.24) is 16.0 Å². The zero-order chi connectivity index (χ0) is 24.1. The number of rotatable bonds is 14. The minimum atomic E-state index is -1.44. The van der Waals surface area contributed by atoms with Crippen LogP contribution in [-0.4, -0.2) is 76.6 Å². The van der Waals surface area contributed by atoms with Crippen molar-refractivity contribution in [3.8, 4) is 0 Å². The van der Waals surface area contributed by atoms with Gasteiger partial charge in [0.25, 0.3) is 0 Å². The molecule has 12 heteroatoms. The van der Waals surface area contributed by atoms with Crippen LogP contribution in [0.1, 0.15) is 18.4 Å². The molecule has 1 aromatic rings. The van der Waals surface area contributed by atoms with Crippen molar-refractivity contribution in [2.24, 2.45) is 5.73 Å². The average molecular weight is 469 g/mol. The highest BCUT2D eigenvalue weighted by Gasteiger charge is 2.27. The molecule has 0 aliphatic rings. The van der Waals surface area contributed by atoms with Gasteiger partial charge in [0.2, 0.25) is 17.7 Å². The first-order valence-corrected chi connectivity index (χ1v) is 11.1. The number of aliphatic carboxylic acids is 2. The maximum Gasteiger partial charge on any atom is 0.326 e. The summed E-state index contributed by atoms with van der Waals surface area (Å²) >= 11 is 1.48. The number of hydrogen-bond donors (Lipinski definition) is 6. The van der Waals surface area contributed by atoms with Crippen LogP contribution in [-0.2, 0) is 30.4 Å². The number of benzene rings is 1. The smallest absolute Gasteiger partial charge is 0.326 e. The highest BCUT2D eigenvalue weighted by molar-refractivity contribution is 7.98. The summed E-state index contributed by atoms with van der Waals surface area (Å²) in [5.74, 6) is -4.33. The van der Waals surface area contributed by atoms with E-state index in [1.165, 1.54) is 11.8 Å². The second kappa shape index (κ2) is 14.0. The molecule has 3 amide bonds. The predicted octanol–water partition coefficient (Wildman–Crippen LogP) is -1.05. The molecule has 7 N–H and O–H groups in total. The maximum absolute atomic E-state index is 12.3. The number of carboxylic acids is 2. The van der Waals surface area contributed by atoms with Gasteiger partial charge >= 0.3 is 11.9 Å². The number of nitrogens with one attached hydrogen (secondary N) is 3. The van der Waals surface area contributed by atoms with Gasteiger partial charge in [0.1, 0.15) is 12.1 Å².